The van der Waals surface area contributed by atoms with Crippen molar-refractivity contribution in [1.82, 2.24) is 0 Å². The van der Waals surface area contributed by atoms with Gasteiger partial charge < -0.3 is 10.5 Å². The predicted molar refractivity (Wildman–Crippen MR) is 76.4 cm³/mol. The maximum Gasteiger partial charge on any atom is 0.138 e. The molecule has 0 heterocycles. The van der Waals surface area contributed by atoms with E-state index < -0.39 is 0 Å². The molecule has 0 amide bonds. The van der Waals surface area contributed by atoms with Crippen LogP contribution in [0.5, 0.6) is 11.5 Å². The minimum Gasteiger partial charge on any atom is -0.456 e. The predicted octanol–water partition coefficient (Wildman–Crippen LogP) is 3.83. The number of para-hydroxylation sites is 1. The molecule has 2 aromatic carbocycles. The lowest BCUT2D eigenvalue weighted by atomic mass is 10.2. The van der Waals surface area contributed by atoms with Crippen molar-refractivity contribution in [3.8, 4) is 11.5 Å². The van der Waals surface area contributed by atoms with E-state index in [0.717, 1.165) is 15.8 Å². The van der Waals surface area contributed by atoms with E-state index in [0.29, 0.717) is 11.3 Å². The number of nitrogens with two attached hydrogens (primary N) is 1. The molecule has 18 heavy (non-hydrogen) atoms. The second-order valence-corrected chi connectivity index (χ2v) is 4.84. The molecular weight excluding hydrogens is 292 g/mol. The van der Waals surface area contributed by atoms with Gasteiger partial charge in [0.1, 0.15) is 17.3 Å². The Labute approximate surface area is 114 Å². The number of hydrogen-bond donors (Lipinski definition) is 2. The number of rotatable bonds is 3. The monoisotopic (exact) mass is 304 g/mol. The van der Waals surface area contributed by atoms with Gasteiger partial charge in [-0.1, -0.05) is 34.1 Å². The van der Waals surface area contributed by atoms with Crippen LogP contribution in [0.3, 0.4) is 0 Å². The van der Waals surface area contributed by atoms with Crippen LogP contribution in [0.15, 0.2) is 46.9 Å². The Bertz CT molecular complexity index is 596. The smallest absolute Gasteiger partial charge is 0.138 e. The summed E-state index contributed by atoms with van der Waals surface area (Å²) in [4.78, 5) is 0. The molecule has 0 saturated heterocycles. The van der Waals surface area contributed by atoms with Crippen molar-refractivity contribution in [3.05, 3.63) is 58.1 Å². The minimum atomic E-state index is -0.0140. The van der Waals surface area contributed by atoms with Gasteiger partial charge in [-0.3, -0.25) is 5.41 Å². The molecule has 0 fully saturated rings. The average molecular weight is 305 g/mol. The molecule has 0 aliphatic rings. The summed E-state index contributed by atoms with van der Waals surface area (Å²) < 4.78 is 6.68. The zero-order valence-corrected chi connectivity index (χ0v) is 11.5. The second-order valence-electron chi connectivity index (χ2n) is 3.92. The van der Waals surface area contributed by atoms with E-state index in [1.807, 2.05) is 37.3 Å². The standard InChI is InChI=1S/C14H13BrN2O/c1-9-4-2-3-5-12(9)18-13-7-6-10(15)8-11(13)14(16)17/h2-8H,1H3,(H3,16,17). The molecule has 3 nitrogen and oxygen atoms in total. The zero-order valence-electron chi connectivity index (χ0n) is 9.91. The number of benzene rings is 2. The molecule has 4 heteroatoms. The molecule has 92 valence electrons. The summed E-state index contributed by atoms with van der Waals surface area (Å²) in [5, 5.41) is 7.57. The van der Waals surface area contributed by atoms with Gasteiger partial charge in [-0.25, -0.2) is 0 Å². The van der Waals surface area contributed by atoms with Crippen molar-refractivity contribution in [2.24, 2.45) is 5.73 Å². The molecule has 0 saturated carbocycles. The first-order chi connectivity index (χ1) is 8.58. The highest BCUT2D eigenvalue weighted by atomic mass is 79.9. The fourth-order valence-electron chi connectivity index (χ4n) is 1.59. The third-order valence-electron chi connectivity index (χ3n) is 2.55. The molecule has 0 aromatic heterocycles. The molecule has 0 bridgehead atoms. The van der Waals surface area contributed by atoms with Gasteiger partial charge in [0.15, 0.2) is 0 Å². The second kappa shape index (κ2) is 5.23. The first kappa shape index (κ1) is 12.6. The third-order valence-corrected chi connectivity index (χ3v) is 3.04. The average Bonchev–Trinajstić information content (AvgIpc) is 2.34. The Kier molecular flexibility index (Phi) is 3.67. The number of hydrogen-bond acceptors (Lipinski definition) is 2. The lowest BCUT2D eigenvalue weighted by Crippen LogP contribution is -2.12. The van der Waals surface area contributed by atoms with Gasteiger partial charge in [-0.15, -0.1) is 0 Å². The van der Waals surface area contributed by atoms with Crippen LogP contribution >= 0.6 is 15.9 Å². The number of aryl methyl sites for hydroxylation is 1. The van der Waals surface area contributed by atoms with E-state index in [9.17, 15) is 0 Å². The van der Waals surface area contributed by atoms with E-state index in [2.05, 4.69) is 15.9 Å². The first-order valence-electron chi connectivity index (χ1n) is 5.45. The maximum atomic E-state index is 7.57. The highest BCUT2D eigenvalue weighted by Crippen LogP contribution is 2.29. The summed E-state index contributed by atoms with van der Waals surface area (Å²) in [5.74, 6) is 1.34. The van der Waals surface area contributed by atoms with Crippen LogP contribution in [0.4, 0.5) is 0 Å². The summed E-state index contributed by atoms with van der Waals surface area (Å²) in [6.07, 6.45) is 0. The fraction of sp³-hybridized carbons (Fsp3) is 0.0714. The van der Waals surface area contributed by atoms with Gasteiger partial charge >= 0.3 is 0 Å². The van der Waals surface area contributed by atoms with Crippen LogP contribution in [-0.4, -0.2) is 5.84 Å². The van der Waals surface area contributed by atoms with Gasteiger partial charge in [0.05, 0.1) is 5.56 Å². The van der Waals surface area contributed by atoms with Gasteiger partial charge in [0.2, 0.25) is 0 Å². The molecular formula is C14H13BrN2O. The molecule has 0 aliphatic heterocycles. The first-order valence-corrected chi connectivity index (χ1v) is 6.24. The van der Waals surface area contributed by atoms with Crippen LogP contribution < -0.4 is 10.5 Å². The number of nitrogen functional groups attached to an aromatic ring is 1. The normalized spacial score (nSPS) is 10.1. The Hall–Kier alpha value is -1.81. The minimum absolute atomic E-state index is 0.0140. The molecule has 2 rings (SSSR count). The van der Waals surface area contributed by atoms with Crippen LogP contribution in [0.1, 0.15) is 11.1 Å². The van der Waals surface area contributed by atoms with Crippen LogP contribution in [0, 0.1) is 12.3 Å². The largest absolute Gasteiger partial charge is 0.456 e. The zero-order chi connectivity index (χ0) is 13.1. The van der Waals surface area contributed by atoms with Gasteiger partial charge in [0.25, 0.3) is 0 Å². The van der Waals surface area contributed by atoms with E-state index >= 15 is 0 Å². The van der Waals surface area contributed by atoms with Crippen molar-refractivity contribution in [3.63, 3.8) is 0 Å². The Morgan fingerprint density at radius 3 is 2.56 bits per heavy atom. The Balaban J connectivity index is 2.41. The van der Waals surface area contributed by atoms with Crippen LogP contribution in [-0.2, 0) is 0 Å². The highest BCUT2D eigenvalue weighted by Gasteiger charge is 2.09. The highest BCUT2D eigenvalue weighted by molar-refractivity contribution is 9.10. The summed E-state index contributed by atoms with van der Waals surface area (Å²) in [6.45, 7) is 1.97. The van der Waals surface area contributed by atoms with Crippen molar-refractivity contribution in [2.75, 3.05) is 0 Å². The van der Waals surface area contributed by atoms with Crippen molar-refractivity contribution in [2.45, 2.75) is 6.92 Å². The molecule has 0 spiro atoms. The van der Waals surface area contributed by atoms with Crippen molar-refractivity contribution >= 4 is 21.8 Å². The number of amidine groups is 1. The maximum absolute atomic E-state index is 7.57. The molecule has 0 unspecified atom stereocenters. The summed E-state index contributed by atoms with van der Waals surface area (Å²) in [7, 11) is 0. The number of ether oxygens (including phenoxy) is 1. The molecule has 0 radical (unpaired) electrons. The lowest BCUT2D eigenvalue weighted by molar-refractivity contribution is 0.477. The SMILES string of the molecule is Cc1ccccc1Oc1ccc(Br)cc1C(=N)N. The molecule has 0 atom stereocenters. The van der Waals surface area contributed by atoms with Gasteiger partial charge in [-0.2, -0.15) is 0 Å². The quantitative estimate of drug-likeness (QED) is 0.668. The number of halogens is 1. The molecule has 0 aliphatic carbocycles. The van der Waals surface area contributed by atoms with Gasteiger partial charge in [-0.05, 0) is 36.8 Å². The third kappa shape index (κ3) is 2.71. The van der Waals surface area contributed by atoms with E-state index in [1.54, 1.807) is 12.1 Å². The van der Waals surface area contributed by atoms with E-state index in [-0.39, 0.29) is 5.84 Å². The van der Waals surface area contributed by atoms with Crippen molar-refractivity contribution in [1.29, 1.82) is 5.41 Å². The molecule has 2 aromatic rings. The Morgan fingerprint density at radius 2 is 1.89 bits per heavy atom. The van der Waals surface area contributed by atoms with Crippen molar-refractivity contribution < 1.29 is 4.74 Å². The van der Waals surface area contributed by atoms with Gasteiger partial charge in [0, 0.05) is 4.47 Å². The fourth-order valence-corrected chi connectivity index (χ4v) is 1.95. The summed E-state index contributed by atoms with van der Waals surface area (Å²) >= 11 is 3.36. The van der Waals surface area contributed by atoms with E-state index in [4.69, 9.17) is 15.9 Å². The summed E-state index contributed by atoms with van der Waals surface area (Å²) in [6, 6.07) is 13.2. The van der Waals surface area contributed by atoms with Crippen LogP contribution in [0.2, 0.25) is 0 Å². The number of nitrogens with one attached hydrogen (secondary N) is 1. The topological polar surface area (TPSA) is 59.1 Å². The summed E-state index contributed by atoms with van der Waals surface area (Å²) in [5.41, 5.74) is 7.17. The van der Waals surface area contributed by atoms with Crippen LogP contribution in [0.25, 0.3) is 0 Å². The molecule has 3 N–H and O–H groups in total. The van der Waals surface area contributed by atoms with E-state index in [1.165, 1.54) is 0 Å². The lowest BCUT2D eigenvalue weighted by Gasteiger charge is -2.12. The Morgan fingerprint density at radius 1 is 1.17 bits per heavy atom.